The predicted octanol–water partition coefficient (Wildman–Crippen LogP) is 2.78. The molecule has 0 saturated heterocycles. The lowest BCUT2D eigenvalue weighted by Crippen LogP contribution is -2.51. The molecule has 1 atom stereocenters. The molecule has 0 spiro atoms. The summed E-state index contributed by atoms with van der Waals surface area (Å²) in [5.41, 5.74) is -0.722. The Bertz CT molecular complexity index is 461. The number of carboxylic acids is 1. The lowest BCUT2D eigenvalue weighted by Gasteiger charge is -2.33. The van der Waals surface area contributed by atoms with Gasteiger partial charge in [-0.1, -0.05) is 32.0 Å². The number of thioether (sulfide) groups is 1. The number of carbonyl (C=O) groups is 2. The van der Waals surface area contributed by atoms with Gasteiger partial charge in [0.15, 0.2) is 0 Å². The Morgan fingerprint density at radius 1 is 1.30 bits per heavy atom. The van der Waals surface area contributed by atoms with Crippen molar-refractivity contribution in [1.82, 2.24) is 5.32 Å². The second-order valence-corrected chi connectivity index (χ2v) is 6.34. The topological polar surface area (TPSA) is 66.4 Å². The molecule has 0 aromatic heterocycles. The summed E-state index contributed by atoms with van der Waals surface area (Å²) >= 11 is 1.44. The van der Waals surface area contributed by atoms with Crippen molar-refractivity contribution in [3.05, 3.63) is 30.3 Å². The fraction of sp³-hybridized carbons (Fsp3) is 0.467. The van der Waals surface area contributed by atoms with Crippen LogP contribution in [0.3, 0.4) is 0 Å². The third-order valence-corrected chi connectivity index (χ3v) is 4.34. The van der Waals surface area contributed by atoms with Crippen LogP contribution >= 0.6 is 11.8 Å². The van der Waals surface area contributed by atoms with Crippen molar-refractivity contribution in [3.63, 3.8) is 0 Å². The Labute approximate surface area is 124 Å². The summed E-state index contributed by atoms with van der Waals surface area (Å²) in [7, 11) is 0. The van der Waals surface area contributed by atoms with Gasteiger partial charge < -0.3 is 10.4 Å². The van der Waals surface area contributed by atoms with E-state index < -0.39 is 11.5 Å². The molecule has 0 bridgehead atoms. The van der Waals surface area contributed by atoms with Crippen LogP contribution < -0.4 is 5.32 Å². The molecular formula is C15H21NO3S. The van der Waals surface area contributed by atoms with E-state index in [2.05, 4.69) is 5.32 Å². The Kier molecular flexibility index (Phi) is 6.07. The highest BCUT2D eigenvalue weighted by Gasteiger charge is 2.32. The third kappa shape index (κ3) is 5.25. The number of rotatable bonds is 7. The Morgan fingerprint density at radius 3 is 2.40 bits per heavy atom. The highest BCUT2D eigenvalue weighted by Crippen LogP contribution is 2.22. The molecule has 1 unspecified atom stereocenters. The van der Waals surface area contributed by atoms with Gasteiger partial charge in [-0.25, -0.2) is 0 Å². The molecule has 5 heteroatoms. The maximum atomic E-state index is 12.0. The normalized spacial score (nSPS) is 13.8. The molecular weight excluding hydrogens is 274 g/mol. The first kappa shape index (κ1) is 16.6. The van der Waals surface area contributed by atoms with Crippen LogP contribution in [0.4, 0.5) is 0 Å². The van der Waals surface area contributed by atoms with Crippen LogP contribution in [0.2, 0.25) is 0 Å². The van der Waals surface area contributed by atoms with E-state index in [1.54, 1.807) is 6.92 Å². The van der Waals surface area contributed by atoms with E-state index in [4.69, 9.17) is 5.11 Å². The number of carboxylic acid groups (broad SMARTS) is 1. The van der Waals surface area contributed by atoms with Gasteiger partial charge >= 0.3 is 5.97 Å². The van der Waals surface area contributed by atoms with Gasteiger partial charge in [-0.2, -0.15) is 0 Å². The molecule has 0 aliphatic heterocycles. The van der Waals surface area contributed by atoms with Gasteiger partial charge in [0.05, 0.1) is 12.2 Å². The van der Waals surface area contributed by atoms with Crippen molar-refractivity contribution in [1.29, 1.82) is 0 Å². The van der Waals surface area contributed by atoms with Crippen LogP contribution in [-0.2, 0) is 9.59 Å². The van der Waals surface area contributed by atoms with E-state index in [9.17, 15) is 9.59 Å². The smallest absolute Gasteiger partial charge is 0.305 e. The molecule has 0 saturated carbocycles. The summed E-state index contributed by atoms with van der Waals surface area (Å²) in [5.74, 6) is -0.718. The summed E-state index contributed by atoms with van der Waals surface area (Å²) in [4.78, 5) is 23.9. The van der Waals surface area contributed by atoms with Crippen LogP contribution in [0.1, 0.15) is 27.2 Å². The van der Waals surface area contributed by atoms with Gasteiger partial charge in [0.1, 0.15) is 0 Å². The van der Waals surface area contributed by atoms with Crippen molar-refractivity contribution < 1.29 is 14.7 Å². The monoisotopic (exact) mass is 295 g/mol. The SMILES string of the molecule is CC(C)C(C)(CC(=O)O)NC(=O)CSc1ccccc1. The zero-order valence-electron chi connectivity index (χ0n) is 12.1. The van der Waals surface area contributed by atoms with Crippen LogP contribution in [-0.4, -0.2) is 28.3 Å². The Balaban J connectivity index is 2.56. The summed E-state index contributed by atoms with van der Waals surface area (Å²) < 4.78 is 0. The fourth-order valence-corrected chi connectivity index (χ4v) is 2.45. The first-order chi connectivity index (χ1) is 9.33. The van der Waals surface area contributed by atoms with E-state index in [0.29, 0.717) is 0 Å². The van der Waals surface area contributed by atoms with Gasteiger partial charge in [-0.05, 0) is 25.0 Å². The molecule has 0 radical (unpaired) electrons. The highest BCUT2D eigenvalue weighted by atomic mass is 32.2. The van der Waals surface area contributed by atoms with E-state index >= 15 is 0 Å². The fourth-order valence-electron chi connectivity index (χ4n) is 1.73. The summed E-state index contributed by atoms with van der Waals surface area (Å²) in [5, 5.41) is 11.8. The summed E-state index contributed by atoms with van der Waals surface area (Å²) in [6.07, 6.45) is -0.0770. The molecule has 0 aliphatic rings. The third-order valence-electron chi connectivity index (χ3n) is 3.33. The molecule has 0 fully saturated rings. The van der Waals surface area contributed by atoms with Crippen LogP contribution in [0.5, 0.6) is 0 Å². The average Bonchev–Trinajstić information content (AvgIpc) is 2.36. The zero-order chi connectivity index (χ0) is 15.2. The maximum Gasteiger partial charge on any atom is 0.305 e. The van der Waals surface area contributed by atoms with Crippen molar-refractivity contribution in [2.75, 3.05) is 5.75 Å². The molecule has 0 aliphatic carbocycles. The molecule has 4 nitrogen and oxygen atoms in total. The van der Waals surface area contributed by atoms with Crippen LogP contribution in [0.15, 0.2) is 35.2 Å². The molecule has 0 heterocycles. The number of hydrogen-bond acceptors (Lipinski definition) is 3. The Morgan fingerprint density at radius 2 is 1.90 bits per heavy atom. The summed E-state index contributed by atoms with van der Waals surface area (Å²) in [6, 6.07) is 9.65. The second-order valence-electron chi connectivity index (χ2n) is 5.29. The van der Waals surface area contributed by atoms with Crippen molar-refractivity contribution in [3.8, 4) is 0 Å². The molecule has 1 amide bonds. The van der Waals surface area contributed by atoms with E-state index in [1.165, 1.54) is 11.8 Å². The average molecular weight is 295 g/mol. The van der Waals surface area contributed by atoms with E-state index in [1.807, 2.05) is 44.2 Å². The number of benzene rings is 1. The predicted molar refractivity (Wildman–Crippen MR) is 80.8 cm³/mol. The lowest BCUT2D eigenvalue weighted by molar-refractivity contribution is -0.139. The van der Waals surface area contributed by atoms with E-state index in [-0.39, 0.29) is 24.0 Å². The van der Waals surface area contributed by atoms with E-state index in [0.717, 1.165) is 4.90 Å². The quantitative estimate of drug-likeness (QED) is 0.759. The number of amides is 1. The first-order valence-corrected chi connectivity index (χ1v) is 7.52. The van der Waals surface area contributed by atoms with Crippen molar-refractivity contribution in [2.45, 2.75) is 37.6 Å². The van der Waals surface area contributed by atoms with Gasteiger partial charge in [-0.15, -0.1) is 11.8 Å². The van der Waals surface area contributed by atoms with Gasteiger partial charge in [0, 0.05) is 10.4 Å². The van der Waals surface area contributed by atoms with Crippen molar-refractivity contribution >= 4 is 23.6 Å². The number of carbonyl (C=O) groups excluding carboxylic acids is 1. The van der Waals surface area contributed by atoms with Gasteiger partial charge in [-0.3, -0.25) is 9.59 Å². The second kappa shape index (κ2) is 7.33. The number of aliphatic carboxylic acids is 1. The zero-order valence-corrected chi connectivity index (χ0v) is 12.9. The van der Waals surface area contributed by atoms with Gasteiger partial charge in [0.25, 0.3) is 0 Å². The molecule has 1 rings (SSSR count). The first-order valence-electron chi connectivity index (χ1n) is 6.54. The standard InChI is InChI=1S/C15H21NO3S/c1-11(2)15(3,9-14(18)19)16-13(17)10-20-12-7-5-4-6-8-12/h4-8,11H,9-10H2,1-3H3,(H,16,17)(H,18,19). The van der Waals surface area contributed by atoms with Crippen molar-refractivity contribution in [2.24, 2.45) is 5.92 Å². The molecule has 20 heavy (non-hydrogen) atoms. The molecule has 1 aromatic rings. The molecule has 1 aromatic carbocycles. The number of hydrogen-bond donors (Lipinski definition) is 2. The largest absolute Gasteiger partial charge is 0.481 e. The van der Waals surface area contributed by atoms with Crippen LogP contribution in [0.25, 0.3) is 0 Å². The molecule has 2 N–H and O–H groups in total. The Hall–Kier alpha value is -1.49. The minimum atomic E-state index is -0.905. The summed E-state index contributed by atoms with van der Waals surface area (Å²) in [6.45, 7) is 5.60. The molecule has 110 valence electrons. The lowest BCUT2D eigenvalue weighted by atomic mass is 9.85. The number of nitrogens with one attached hydrogen (secondary N) is 1. The van der Waals surface area contributed by atoms with Crippen LogP contribution in [0, 0.1) is 5.92 Å². The highest BCUT2D eigenvalue weighted by molar-refractivity contribution is 8.00. The maximum absolute atomic E-state index is 12.0. The minimum absolute atomic E-state index is 0.0456. The minimum Gasteiger partial charge on any atom is -0.481 e. The van der Waals surface area contributed by atoms with Gasteiger partial charge in [0.2, 0.25) is 5.91 Å².